The Hall–Kier alpha value is -1.55. The minimum Gasteiger partial charge on any atom is -0.496 e. The quantitative estimate of drug-likeness (QED) is 0.875. The summed E-state index contributed by atoms with van der Waals surface area (Å²) in [6.07, 6.45) is 2.73. The van der Waals surface area contributed by atoms with E-state index in [4.69, 9.17) is 4.74 Å². The number of aliphatic carboxylic acids is 1. The van der Waals surface area contributed by atoms with Crippen molar-refractivity contribution in [3.05, 3.63) is 29.3 Å². The van der Waals surface area contributed by atoms with Crippen molar-refractivity contribution < 1.29 is 14.6 Å². The predicted molar refractivity (Wildman–Crippen MR) is 87.4 cm³/mol. The maximum absolute atomic E-state index is 11.4. The molecule has 1 aliphatic rings. The molecule has 1 aliphatic heterocycles. The Morgan fingerprint density at radius 2 is 2.18 bits per heavy atom. The van der Waals surface area contributed by atoms with E-state index in [2.05, 4.69) is 32.9 Å². The predicted octanol–water partition coefficient (Wildman–Crippen LogP) is 3.43. The molecule has 4 heteroatoms. The fraction of sp³-hybridized carbons (Fsp3) is 0.611. The summed E-state index contributed by atoms with van der Waals surface area (Å²) in [5.74, 6) is 0.119. The van der Waals surface area contributed by atoms with Crippen LogP contribution in [0.15, 0.2) is 18.2 Å². The van der Waals surface area contributed by atoms with Gasteiger partial charge in [0.15, 0.2) is 0 Å². The van der Waals surface area contributed by atoms with Gasteiger partial charge in [-0.2, -0.15) is 0 Å². The van der Waals surface area contributed by atoms with E-state index < -0.39 is 5.97 Å². The van der Waals surface area contributed by atoms with Crippen LogP contribution in [0.5, 0.6) is 5.75 Å². The number of methoxy groups -OCH3 is 1. The third-order valence-electron chi connectivity index (χ3n) is 4.97. The second-order valence-electron chi connectivity index (χ2n) is 6.73. The highest BCUT2D eigenvalue weighted by atomic mass is 16.5. The fourth-order valence-electron chi connectivity index (χ4n) is 3.04. The van der Waals surface area contributed by atoms with E-state index in [1.165, 1.54) is 5.56 Å². The molecule has 0 bridgehead atoms. The first kappa shape index (κ1) is 16.8. The van der Waals surface area contributed by atoms with Crippen LogP contribution in [0.3, 0.4) is 0 Å². The normalized spacial score (nSPS) is 19.4. The molecular weight excluding hydrogens is 278 g/mol. The average molecular weight is 305 g/mol. The molecule has 1 saturated heterocycles. The number of likely N-dealkylation sites (tertiary alicyclic amines) is 1. The number of carbonyl (C=O) groups is 1. The van der Waals surface area contributed by atoms with Crippen molar-refractivity contribution in [3.63, 3.8) is 0 Å². The molecule has 0 radical (unpaired) electrons. The Balaban J connectivity index is 2.28. The standard InChI is InChI=1S/C18H27NO3/c1-5-18(2,3)14-8-9-16(22-4)13(11-14)12-19-10-6-7-15(19)17(20)21/h8-9,11,15H,5-7,10,12H2,1-4H3,(H,20,21). The van der Waals surface area contributed by atoms with Crippen LogP contribution in [0.4, 0.5) is 0 Å². The molecule has 1 heterocycles. The summed E-state index contributed by atoms with van der Waals surface area (Å²) >= 11 is 0. The average Bonchev–Trinajstić information content (AvgIpc) is 2.95. The van der Waals surface area contributed by atoms with Crippen molar-refractivity contribution in [3.8, 4) is 5.75 Å². The molecule has 4 nitrogen and oxygen atoms in total. The number of hydrogen-bond donors (Lipinski definition) is 1. The number of nitrogens with zero attached hydrogens (tertiary/aromatic N) is 1. The SMILES string of the molecule is CCC(C)(C)c1ccc(OC)c(CN2CCCC2C(=O)O)c1. The number of hydrogen-bond acceptors (Lipinski definition) is 3. The lowest BCUT2D eigenvalue weighted by Gasteiger charge is -2.27. The molecule has 1 atom stereocenters. The molecule has 122 valence electrons. The molecule has 1 unspecified atom stereocenters. The fourth-order valence-corrected chi connectivity index (χ4v) is 3.04. The Morgan fingerprint density at radius 3 is 2.77 bits per heavy atom. The smallest absolute Gasteiger partial charge is 0.320 e. The molecule has 1 N–H and O–H groups in total. The van der Waals surface area contributed by atoms with Crippen LogP contribution < -0.4 is 4.74 Å². The Bertz CT molecular complexity index is 539. The van der Waals surface area contributed by atoms with Crippen LogP contribution in [0.2, 0.25) is 0 Å². The van der Waals surface area contributed by atoms with E-state index in [-0.39, 0.29) is 11.5 Å². The molecule has 0 amide bonds. The Labute approximate surface area is 133 Å². The molecule has 0 aliphatic carbocycles. The van der Waals surface area contributed by atoms with Crippen molar-refractivity contribution in [1.29, 1.82) is 0 Å². The van der Waals surface area contributed by atoms with Crippen LogP contribution in [-0.2, 0) is 16.8 Å². The highest BCUT2D eigenvalue weighted by Crippen LogP contribution is 2.32. The van der Waals surface area contributed by atoms with E-state index in [0.29, 0.717) is 6.54 Å². The zero-order chi connectivity index (χ0) is 16.3. The van der Waals surface area contributed by atoms with Crippen molar-refractivity contribution in [2.45, 2.75) is 58.0 Å². The van der Waals surface area contributed by atoms with Gasteiger partial charge in [-0.1, -0.05) is 32.9 Å². The minimum absolute atomic E-state index is 0.109. The van der Waals surface area contributed by atoms with Crippen molar-refractivity contribution in [2.75, 3.05) is 13.7 Å². The molecule has 0 saturated carbocycles. The number of carboxylic acids is 1. The van der Waals surface area contributed by atoms with E-state index >= 15 is 0 Å². The van der Waals surface area contributed by atoms with Gasteiger partial charge in [0.2, 0.25) is 0 Å². The lowest BCUT2D eigenvalue weighted by atomic mass is 9.81. The van der Waals surface area contributed by atoms with E-state index in [1.54, 1.807) is 7.11 Å². The summed E-state index contributed by atoms with van der Waals surface area (Å²) < 4.78 is 5.48. The van der Waals surface area contributed by atoms with Crippen LogP contribution >= 0.6 is 0 Å². The maximum atomic E-state index is 11.4. The van der Waals surface area contributed by atoms with Gasteiger partial charge in [0.25, 0.3) is 0 Å². The van der Waals surface area contributed by atoms with Gasteiger partial charge in [0.1, 0.15) is 11.8 Å². The summed E-state index contributed by atoms with van der Waals surface area (Å²) in [5.41, 5.74) is 2.46. The molecule has 1 fully saturated rings. The van der Waals surface area contributed by atoms with Gasteiger partial charge >= 0.3 is 5.97 Å². The molecule has 2 rings (SSSR count). The largest absolute Gasteiger partial charge is 0.496 e. The van der Waals surface area contributed by atoms with Gasteiger partial charge in [0.05, 0.1) is 7.11 Å². The summed E-state index contributed by atoms with van der Waals surface area (Å²) in [6, 6.07) is 5.94. The summed E-state index contributed by atoms with van der Waals surface area (Å²) in [5, 5.41) is 9.34. The Kier molecular flexibility index (Phi) is 5.12. The van der Waals surface area contributed by atoms with Gasteiger partial charge in [-0.05, 0) is 42.9 Å². The van der Waals surface area contributed by atoms with Crippen molar-refractivity contribution in [2.24, 2.45) is 0 Å². The van der Waals surface area contributed by atoms with E-state index in [0.717, 1.165) is 37.1 Å². The first-order chi connectivity index (χ1) is 10.4. The third-order valence-corrected chi connectivity index (χ3v) is 4.97. The third kappa shape index (κ3) is 3.43. The van der Waals surface area contributed by atoms with Gasteiger partial charge < -0.3 is 9.84 Å². The first-order valence-corrected chi connectivity index (χ1v) is 8.03. The minimum atomic E-state index is -0.721. The lowest BCUT2D eigenvalue weighted by Crippen LogP contribution is -2.35. The number of rotatable bonds is 6. The van der Waals surface area contributed by atoms with Gasteiger partial charge in [-0.15, -0.1) is 0 Å². The zero-order valence-electron chi connectivity index (χ0n) is 14.1. The number of ether oxygens (including phenoxy) is 1. The molecule has 1 aromatic rings. The van der Waals surface area contributed by atoms with E-state index in [1.807, 2.05) is 11.0 Å². The molecule has 1 aromatic carbocycles. The highest BCUT2D eigenvalue weighted by Gasteiger charge is 2.31. The van der Waals surface area contributed by atoms with Crippen molar-refractivity contribution in [1.82, 2.24) is 4.90 Å². The summed E-state index contributed by atoms with van der Waals surface area (Å²) in [4.78, 5) is 13.4. The molecule has 0 aromatic heterocycles. The molecule has 0 spiro atoms. The zero-order valence-corrected chi connectivity index (χ0v) is 14.1. The summed E-state index contributed by atoms with van der Waals surface area (Å²) in [6.45, 7) is 8.11. The lowest BCUT2D eigenvalue weighted by molar-refractivity contribution is -0.142. The second kappa shape index (κ2) is 6.69. The number of benzene rings is 1. The highest BCUT2D eigenvalue weighted by molar-refractivity contribution is 5.73. The van der Waals surface area contributed by atoms with Gasteiger partial charge in [-0.3, -0.25) is 9.69 Å². The van der Waals surface area contributed by atoms with Gasteiger partial charge in [-0.25, -0.2) is 0 Å². The monoisotopic (exact) mass is 305 g/mol. The maximum Gasteiger partial charge on any atom is 0.320 e. The van der Waals surface area contributed by atoms with Crippen LogP contribution in [-0.4, -0.2) is 35.7 Å². The van der Waals surface area contributed by atoms with E-state index in [9.17, 15) is 9.90 Å². The molecular formula is C18H27NO3. The second-order valence-corrected chi connectivity index (χ2v) is 6.73. The first-order valence-electron chi connectivity index (χ1n) is 8.03. The van der Waals surface area contributed by atoms with Crippen LogP contribution in [0, 0.1) is 0 Å². The van der Waals surface area contributed by atoms with Crippen LogP contribution in [0.25, 0.3) is 0 Å². The Morgan fingerprint density at radius 1 is 1.45 bits per heavy atom. The topological polar surface area (TPSA) is 49.8 Å². The van der Waals surface area contributed by atoms with Crippen molar-refractivity contribution >= 4 is 5.97 Å². The number of carboxylic acid groups (broad SMARTS) is 1. The summed E-state index contributed by atoms with van der Waals surface area (Å²) in [7, 11) is 1.67. The molecule has 22 heavy (non-hydrogen) atoms. The van der Waals surface area contributed by atoms with Crippen LogP contribution in [0.1, 0.15) is 51.2 Å². The van der Waals surface area contributed by atoms with Gasteiger partial charge in [0, 0.05) is 12.1 Å².